The number of aliphatic hydroxyl groups excluding tert-OH is 1. The second kappa shape index (κ2) is 7.93. The lowest BCUT2D eigenvalue weighted by Crippen LogP contribution is -2.50. The van der Waals surface area contributed by atoms with Crippen molar-refractivity contribution >= 4 is 17.9 Å². The molecule has 4 aliphatic rings. The van der Waals surface area contributed by atoms with E-state index in [1.165, 1.54) is 0 Å². The van der Waals surface area contributed by atoms with Crippen LogP contribution in [0.2, 0.25) is 0 Å². The smallest absolute Gasteiger partial charge is 0.258 e. The van der Waals surface area contributed by atoms with E-state index < -0.39 is 6.04 Å². The Morgan fingerprint density at radius 2 is 1.94 bits per heavy atom. The lowest BCUT2D eigenvalue weighted by Gasteiger charge is -2.31. The molecule has 1 saturated heterocycles. The van der Waals surface area contributed by atoms with Crippen LogP contribution in [0.15, 0.2) is 23.0 Å². The van der Waals surface area contributed by atoms with Crippen LogP contribution in [0.5, 0.6) is 0 Å². The molecule has 31 heavy (non-hydrogen) atoms. The van der Waals surface area contributed by atoms with Crippen LogP contribution < -0.4 is 10.9 Å². The van der Waals surface area contributed by atoms with E-state index in [9.17, 15) is 19.5 Å². The Bertz CT molecular complexity index is 976. The molecule has 0 bridgehead atoms. The van der Waals surface area contributed by atoms with Gasteiger partial charge in [-0.25, -0.2) is 0 Å². The van der Waals surface area contributed by atoms with Crippen LogP contribution >= 0.6 is 0 Å². The SMILES string of the molecule is C/C=C\c1ccc2n(c1=O)C[C@@H]1[C@@H](CO)[C@H](C(=O)NCC3CC3)N(C(=O)CC3CC3)[C@H]21. The summed E-state index contributed by atoms with van der Waals surface area (Å²) in [4.78, 5) is 41.3. The van der Waals surface area contributed by atoms with Crippen molar-refractivity contribution in [2.24, 2.45) is 23.7 Å². The maximum Gasteiger partial charge on any atom is 0.258 e. The third kappa shape index (κ3) is 3.63. The number of aromatic nitrogens is 1. The fourth-order valence-electron chi connectivity index (χ4n) is 5.44. The Morgan fingerprint density at radius 1 is 1.19 bits per heavy atom. The molecule has 2 saturated carbocycles. The van der Waals surface area contributed by atoms with Gasteiger partial charge in [0, 0.05) is 49.2 Å². The number of pyridine rings is 1. The van der Waals surface area contributed by atoms with Crippen molar-refractivity contribution in [3.8, 4) is 0 Å². The van der Waals surface area contributed by atoms with E-state index in [-0.39, 0.29) is 41.9 Å². The van der Waals surface area contributed by atoms with Gasteiger partial charge in [-0.1, -0.05) is 12.2 Å². The lowest BCUT2D eigenvalue weighted by atomic mass is 9.88. The summed E-state index contributed by atoms with van der Waals surface area (Å²) in [7, 11) is 0. The van der Waals surface area contributed by atoms with E-state index in [2.05, 4.69) is 5.32 Å². The molecule has 5 rings (SSSR count). The van der Waals surface area contributed by atoms with Crippen molar-refractivity contribution in [2.75, 3.05) is 13.2 Å². The quantitative estimate of drug-likeness (QED) is 0.696. The Kier molecular flexibility index (Phi) is 5.24. The second-order valence-electron chi connectivity index (χ2n) is 9.67. The number of likely N-dealkylation sites (tertiary alicyclic amines) is 1. The number of nitrogens with zero attached hydrogens (tertiary/aromatic N) is 2. The molecule has 2 aliphatic carbocycles. The highest BCUT2D eigenvalue weighted by atomic mass is 16.3. The Hall–Kier alpha value is -2.41. The second-order valence-corrected chi connectivity index (χ2v) is 9.67. The van der Waals surface area contributed by atoms with E-state index in [0.29, 0.717) is 36.9 Å². The first kappa shape index (κ1) is 20.5. The Morgan fingerprint density at radius 3 is 2.58 bits per heavy atom. The van der Waals surface area contributed by atoms with Gasteiger partial charge in [0.25, 0.3) is 5.56 Å². The standard InChI is InChI=1S/C24H31N3O4/c1-2-3-16-8-9-19-21-17(12-26(19)24(16)31)18(13-28)22(23(30)25-11-15-6-7-15)27(21)20(29)10-14-4-5-14/h2-3,8-9,14-15,17-18,21-22,28H,4-7,10-13H2,1H3,(H,25,30)/b3-2-/t17-,18-,21+,22-/m1/s1. The van der Waals surface area contributed by atoms with E-state index in [1.807, 2.05) is 19.1 Å². The van der Waals surface area contributed by atoms with Gasteiger partial charge in [-0.05, 0) is 56.6 Å². The van der Waals surface area contributed by atoms with Crippen LogP contribution in [0.4, 0.5) is 0 Å². The summed E-state index contributed by atoms with van der Waals surface area (Å²) < 4.78 is 1.74. The van der Waals surface area contributed by atoms with Crippen LogP contribution in [0.25, 0.3) is 6.08 Å². The van der Waals surface area contributed by atoms with Gasteiger partial charge in [0.2, 0.25) is 11.8 Å². The summed E-state index contributed by atoms with van der Waals surface area (Å²) in [6.07, 6.45) is 8.44. The number of carbonyl (C=O) groups is 2. The highest BCUT2D eigenvalue weighted by Gasteiger charge is 2.57. The molecular formula is C24H31N3O4. The number of rotatable bonds is 7. The Balaban J connectivity index is 1.51. The molecule has 7 nitrogen and oxygen atoms in total. The summed E-state index contributed by atoms with van der Waals surface area (Å²) in [6, 6.07) is 2.70. The minimum absolute atomic E-state index is 0.0292. The largest absolute Gasteiger partial charge is 0.396 e. The molecule has 1 aromatic rings. The number of fused-ring (bicyclic) bond motifs is 3. The van der Waals surface area contributed by atoms with Crippen molar-refractivity contribution in [3.05, 3.63) is 39.8 Å². The van der Waals surface area contributed by atoms with Crippen LogP contribution in [0, 0.1) is 23.7 Å². The van der Waals surface area contributed by atoms with Gasteiger partial charge in [0.05, 0.1) is 6.04 Å². The van der Waals surface area contributed by atoms with Crippen molar-refractivity contribution < 1.29 is 14.7 Å². The summed E-state index contributed by atoms with van der Waals surface area (Å²) in [5, 5.41) is 13.3. The number of carbonyl (C=O) groups excluding carboxylic acids is 2. The van der Waals surface area contributed by atoms with E-state index >= 15 is 0 Å². The van der Waals surface area contributed by atoms with Gasteiger partial charge >= 0.3 is 0 Å². The van der Waals surface area contributed by atoms with Crippen molar-refractivity contribution in [3.63, 3.8) is 0 Å². The van der Waals surface area contributed by atoms with Gasteiger partial charge in [-0.2, -0.15) is 0 Å². The van der Waals surface area contributed by atoms with Gasteiger partial charge in [-0.15, -0.1) is 0 Å². The molecule has 4 atom stereocenters. The monoisotopic (exact) mass is 425 g/mol. The minimum Gasteiger partial charge on any atom is -0.396 e. The Labute approximate surface area is 182 Å². The maximum atomic E-state index is 13.4. The third-order valence-electron chi connectivity index (χ3n) is 7.43. The molecule has 0 radical (unpaired) electrons. The molecule has 2 N–H and O–H groups in total. The van der Waals surface area contributed by atoms with E-state index in [0.717, 1.165) is 31.4 Å². The molecule has 0 aromatic carbocycles. The van der Waals surface area contributed by atoms with E-state index in [1.54, 1.807) is 21.6 Å². The number of nitrogens with one attached hydrogen (secondary N) is 1. The van der Waals surface area contributed by atoms with Crippen LogP contribution in [0.1, 0.15) is 56.3 Å². The third-order valence-corrected chi connectivity index (χ3v) is 7.43. The van der Waals surface area contributed by atoms with Crippen molar-refractivity contribution in [1.29, 1.82) is 0 Å². The van der Waals surface area contributed by atoms with Crippen molar-refractivity contribution in [1.82, 2.24) is 14.8 Å². The zero-order chi connectivity index (χ0) is 21.7. The molecule has 1 aromatic heterocycles. The summed E-state index contributed by atoms with van der Waals surface area (Å²) in [5.74, 6) is 0.227. The summed E-state index contributed by atoms with van der Waals surface area (Å²) in [5.41, 5.74) is 1.32. The predicted octanol–water partition coefficient (Wildman–Crippen LogP) is 1.70. The average molecular weight is 426 g/mol. The molecule has 3 heterocycles. The number of hydrogen-bond donors (Lipinski definition) is 2. The van der Waals surface area contributed by atoms with Gasteiger partial charge < -0.3 is 19.9 Å². The lowest BCUT2D eigenvalue weighted by molar-refractivity contribution is -0.142. The zero-order valence-electron chi connectivity index (χ0n) is 18.0. The summed E-state index contributed by atoms with van der Waals surface area (Å²) >= 11 is 0. The molecular weight excluding hydrogens is 394 g/mol. The number of aliphatic hydroxyl groups is 1. The van der Waals surface area contributed by atoms with Gasteiger partial charge in [0.15, 0.2) is 0 Å². The number of allylic oxidation sites excluding steroid dienone is 1. The fraction of sp³-hybridized carbons (Fsp3) is 0.625. The first-order valence-corrected chi connectivity index (χ1v) is 11.6. The molecule has 7 heteroatoms. The van der Waals surface area contributed by atoms with Crippen molar-refractivity contribution in [2.45, 2.75) is 57.7 Å². The fourth-order valence-corrected chi connectivity index (χ4v) is 5.44. The van der Waals surface area contributed by atoms with Gasteiger partial charge in [-0.3, -0.25) is 14.4 Å². The highest BCUT2D eigenvalue weighted by Crippen LogP contribution is 2.50. The molecule has 2 amide bonds. The zero-order valence-corrected chi connectivity index (χ0v) is 18.0. The number of hydrogen-bond acceptors (Lipinski definition) is 4. The molecule has 3 fully saturated rings. The first-order valence-electron chi connectivity index (χ1n) is 11.6. The molecule has 2 aliphatic heterocycles. The normalized spacial score (nSPS) is 29.3. The molecule has 166 valence electrons. The topological polar surface area (TPSA) is 91.6 Å². The van der Waals surface area contributed by atoms with E-state index in [4.69, 9.17) is 0 Å². The maximum absolute atomic E-state index is 13.4. The number of amides is 2. The molecule has 0 unspecified atom stereocenters. The van der Waals surface area contributed by atoms with Crippen LogP contribution in [-0.2, 0) is 16.1 Å². The average Bonchev–Trinajstić information content (AvgIpc) is 3.67. The molecule has 0 spiro atoms. The highest BCUT2D eigenvalue weighted by molar-refractivity contribution is 5.89. The van der Waals surface area contributed by atoms with Crippen LogP contribution in [-0.4, -0.2) is 45.6 Å². The van der Waals surface area contributed by atoms with Gasteiger partial charge in [0.1, 0.15) is 6.04 Å². The first-order chi connectivity index (χ1) is 15.0. The van der Waals surface area contributed by atoms with Crippen LogP contribution in [0.3, 0.4) is 0 Å². The minimum atomic E-state index is -0.677. The predicted molar refractivity (Wildman–Crippen MR) is 116 cm³/mol. The summed E-state index contributed by atoms with van der Waals surface area (Å²) in [6.45, 7) is 2.75.